The van der Waals surface area contributed by atoms with Crippen molar-refractivity contribution in [2.45, 2.75) is 6.04 Å². The molecule has 1 N–H and O–H groups in total. The molecule has 1 atom stereocenters. The largest absolute Gasteiger partial charge is 0.332 e. The van der Waals surface area contributed by atoms with E-state index in [2.05, 4.69) is 21.2 Å². The zero-order valence-corrected chi connectivity index (χ0v) is 11.9. The minimum Gasteiger partial charge on any atom is -0.332 e. The second-order valence-corrected chi connectivity index (χ2v) is 4.84. The molecule has 0 bridgehead atoms. The number of halogens is 2. The van der Waals surface area contributed by atoms with E-state index in [4.69, 9.17) is 5.26 Å². The highest BCUT2D eigenvalue weighted by molar-refractivity contribution is 9.10. The summed E-state index contributed by atoms with van der Waals surface area (Å²) in [5, 5.41) is 11.7. The lowest BCUT2D eigenvalue weighted by Crippen LogP contribution is -2.28. The molecule has 0 spiro atoms. The maximum Gasteiger partial charge on any atom is 0.253 e. The van der Waals surface area contributed by atoms with Gasteiger partial charge in [-0.3, -0.25) is 4.79 Å². The van der Waals surface area contributed by atoms with Crippen molar-refractivity contribution in [3.05, 3.63) is 69.9 Å². The van der Waals surface area contributed by atoms with Crippen molar-refractivity contribution in [2.24, 2.45) is 0 Å². The van der Waals surface area contributed by atoms with Crippen LogP contribution >= 0.6 is 15.9 Å². The van der Waals surface area contributed by atoms with Crippen LogP contribution in [-0.2, 0) is 0 Å². The summed E-state index contributed by atoms with van der Waals surface area (Å²) >= 11 is 3.03. The lowest BCUT2D eigenvalue weighted by Gasteiger charge is -2.12. The Morgan fingerprint density at radius 1 is 1.20 bits per heavy atom. The van der Waals surface area contributed by atoms with Crippen molar-refractivity contribution in [2.75, 3.05) is 0 Å². The van der Waals surface area contributed by atoms with E-state index in [0.29, 0.717) is 5.56 Å². The molecule has 2 aromatic carbocycles. The first kappa shape index (κ1) is 14.2. The zero-order valence-electron chi connectivity index (χ0n) is 10.3. The number of carbonyl (C=O) groups is 1. The van der Waals surface area contributed by atoms with Crippen molar-refractivity contribution in [1.82, 2.24) is 5.32 Å². The van der Waals surface area contributed by atoms with E-state index in [9.17, 15) is 9.18 Å². The molecule has 2 rings (SSSR count). The molecule has 3 nitrogen and oxygen atoms in total. The topological polar surface area (TPSA) is 52.9 Å². The van der Waals surface area contributed by atoms with Crippen LogP contribution in [0.1, 0.15) is 22.0 Å². The molecule has 1 unspecified atom stereocenters. The molecule has 1 amide bonds. The SMILES string of the molecule is N#CC(NC(=O)c1cccc(F)c1Br)c1ccccc1. The molecule has 0 heterocycles. The van der Waals surface area contributed by atoms with E-state index in [1.54, 1.807) is 24.3 Å². The van der Waals surface area contributed by atoms with Gasteiger partial charge < -0.3 is 5.32 Å². The zero-order chi connectivity index (χ0) is 14.5. The fourth-order valence-corrected chi connectivity index (χ4v) is 2.17. The average Bonchev–Trinajstić information content (AvgIpc) is 2.48. The van der Waals surface area contributed by atoms with Crippen molar-refractivity contribution in [1.29, 1.82) is 5.26 Å². The molecule has 100 valence electrons. The van der Waals surface area contributed by atoms with Crippen molar-refractivity contribution in [3.63, 3.8) is 0 Å². The molecule has 0 aliphatic carbocycles. The van der Waals surface area contributed by atoms with Gasteiger partial charge in [0.05, 0.1) is 16.1 Å². The monoisotopic (exact) mass is 332 g/mol. The first-order chi connectivity index (χ1) is 9.63. The molecule has 0 fully saturated rings. The van der Waals surface area contributed by atoms with Gasteiger partial charge in [0.15, 0.2) is 0 Å². The number of hydrogen-bond donors (Lipinski definition) is 1. The molecule has 20 heavy (non-hydrogen) atoms. The lowest BCUT2D eigenvalue weighted by atomic mass is 10.1. The van der Waals surface area contributed by atoms with Gasteiger partial charge in [0.25, 0.3) is 5.91 Å². The Hall–Kier alpha value is -2.19. The minimum atomic E-state index is -0.779. The number of nitrogens with zero attached hydrogens (tertiary/aromatic N) is 1. The number of nitriles is 1. The summed E-state index contributed by atoms with van der Waals surface area (Å²) in [4.78, 5) is 12.1. The van der Waals surface area contributed by atoms with E-state index < -0.39 is 17.8 Å². The maximum atomic E-state index is 13.4. The molecule has 0 aromatic heterocycles. The summed E-state index contributed by atoms with van der Waals surface area (Å²) in [5.41, 5.74) is 0.831. The fraction of sp³-hybridized carbons (Fsp3) is 0.0667. The molecule has 0 aliphatic heterocycles. The van der Waals surface area contributed by atoms with Crippen LogP contribution < -0.4 is 5.32 Å². The summed E-state index contributed by atoms with van der Waals surface area (Å²) in [6.07, 6.45) is 0. The van der Waals surface area contributed by atoms with Gasteiger partial charge >= 0.3 is 0 Å². The van der Waals surface area contributed by atoms with Crippen LogP contribution in [0.25, 0.3) is 0 Å². The van der Waals surface area contributed by atoms with Crippen LogP contribution in [0.5, 0.6) is 0 Å². The Bertz CT molecular complexity index is 667. The van der Waals surface area contributed by atoms with Crippen molar-refractivity contribution in [3.8, 4) is 6.07 Å². The molecular weight excluding hydrogens is 323 g/mol. The van der Waals surface area contributed by atoms with Crippen molar-refractivity contribution < 1.29 is 9.18 Å². The highest BCUT2D eigenvalue weighted by Gasteiger charge is 2.18. The first-order valence-corrected chi connectivity index (χ1v) is 6.62. The molecule has 2 aromatic rings. The molecule has 0 saturated heterocycles. The van der Waals surface area contributed by atoms with Gasteiger partial charge in [-0.2, -0.15) is 5.26 Å². The number of rotatable bonds is 3. The van der Waals surface area contributed by atoms with Crippen LogP contribution in [0.15, 0.2) is 53.0 Å². The van der Waals surface area contributed by atoms with E-state index in [1.165, 1.54) is 18.2 Å². The minimum absolute atomic E-state index is 0.0854. The van der Waals surface area contributed by atoms with Gasteiger partial charge in [-0.25, -0.2) is 4.39 Å². The third-order valence-electron chi connectivity index (χ3n) is 2.73. The van der Waals surface area contributed by atoms with Crippen LogP contribution in [-0.4, -0.2) is 5.91 Å². The fourth-order valence-electron chi connectivity index (χ4n) is 1.72. The Morgan fingerprint density at radius 2 is 1.90 bits per heavy atom. The van der Waals surface area contributed by atoms with Gasteiger partial charge in [0.1, 0.15) is 11.9 Å². The lowest BCUT2D eigenvalue weighted by molar-refractivity contribution is 0.0944. The highest BCUT2D eigenvalue weighted by atomic mass is 79.9. The third kappa shape index (κ3) is 3.03. The second kappa shape index (κ2) is 6.31. The summed E-state index contributed by atoms with van der Waals surface area (Å²) in [7, 11) is 0. The number of hydrogen-bond acceptors (Lipinski definition) is 2. The Labute approximate surface area is 124 Å². The number of nitrogens with one attached hydrogen (secondary N) is 1. The van der Waals surface area contributed by atoms with E-state index in [1.807, 2.05) is 12.1 Å². The van der Waals surface area contributed by atoms with Crippen LogP contribution in [0.2, 0.25) is 0 Å². The standard InChI is InChI=1S/C15H10BrFN2O/c16-14-11(7-4-8-12(14)17)15(20)19-13(9-18)10-5-2-1-3-6-10/h1-8,13H,(H,19,20). The first-order valence-electron chi connectivity index (χ1n) is 5.83. The molecule has 0 radical (unpaired) electrons. The van der Waals surface area contributed by atoms with Crippen LogP contribution in [0.3, 0.4) is 0 Å². The van der Waals surface area contributed by atoms with Crippen LogP contribution in [0.4, 0.5) is 4.39 Å². The predicted octanol–water partition coefficient (Wildman–Crippen LogP) is 3.58. The molecule has 0 saturated carbocycles. The normalized spacial score (nSPS) is 11.4. The Kier molecular flexibility index (Phi) is 4.49. The summed E-state index contributed by atoms with van der Waals surface area (Å²) < 4.78 is 13.5. The predicted molar refractivity (Wildman–Crippen MR) is 76.4 cm³/mol. The van der Waals surface area contributed by atoms with Gasteiger partial charge in [0.2, 0.25) is 0 Å². The number of carbonyl (C=O) groups excluding carboxylic acids is 1. The van der Waals surface area contributed by atoms with Gasteiger partial charge in [0, 0.05) is 0 Å². The quantitative estimate of drug-likeness (QED) is 0.933. The van der Waals surface area contributed by atoms with E-state index in [0.717, 1.165) is 0 Å². The highest BCUT2D eigenvalue weighted by Crippen LogP contribution is 2.21. The van der Waals surface area contributed by atoms with Gasteiger partial charge in [-0.15, -0.1) is 0 Å². The summed E-state index contributed by atoms with van der Waals surface area (Å²) in [5.74, 6) is -1.03. The Morgan fingerprint density at radius 3 is 2.55 bits per heavy atom. The summed E-state index contributed by atoms with van der Waals surface area (Å²) in [6, 6.07) is 14.3. The van der Waals surface area contributed by atoms with Crippen LogP contribution in [0, 0.1) is 17.1 Å². The second-order valence-electron chi connectivity index (χ2n) is 4.05. The molecule has 0 aliphatic rings. The number of benzene rings is 2. The van der Waals surface area contributed by atoms with E-state index >= 15 is 0 Å². The van der Waals surface area contributed by atoms with Crippen molar-refractivity contribution >= 4 is 21.8 Å². The molecular formula is C15H10BrFN2O. The van der Waals surface area contributed by atoms with Gasteiger partial charge in [-0.05, 0) is 33.6 Å². The smallest absolute Gasteiger partial charge is 0.253 e. The number of amides is 1. The maximum absolute atomic E-state index is 13.4. The summed E-state index contributed by atoms with van der Waals surface area (Å²) in [6.45, 7) is 0. The Balaban J connectivity index is 2.23. The van der Waals surface area contributed by atoms with Gasteiger partial charge in [-0.1, -0.05) is 36.4 Å². The third-order valence-corrected chi connectivity index (χ3v) is 3.54. The average molecular weight is 333 g/mol. The van der Waals surface area contributed by atoms with E-state index in [-0.39, 0.29) is 10.0 Å². The molecule has 5 heteroatoms.